The summed E-state index contributed by atoms with van der Waals surface area (Å²) in [6.07, 6.45) is 5.44. The number of pyridine rings is 1. The molecule has 0 atom stereocenters. The van der Waals surface area contributed by atoms with E-state index in [1.807, 2.05) is 14.0 Å². The molecule has 1 saturated heterocycles. The number of nitrogens with zero attached hydrogens (tertiary/aromatic N) is 4. The minimum Gasteiger partial charge on any atom is -0.479 e. The molecule has 2 aromatic heterocycles. The molecule has 1 fully saturated rings. The normalized spacial score (nSPS) is 15.4. The molecule has 7 heteroatoms. The number of aryl methyl sites for hydroxylation is 3. The van der Waals surface area contributed by atoms with Gasteiger partial charge in [-0.1, -0.05) is 11.6 Å². The summed E-state index contributed by atoms with van der Waals surface area (Å²) in [6, 6.07) is 0.279. The molecule has 7 nitrogen and oxygen atoms in total. The van der Waals surface area contributed by atoms with E-state index in [9.17, 15) is 4.79 Å². The highest BCUT2D eigenvalue weighted by atomic mass is 16.5. The van der Waals surface area contributed by atoms with E-state index in [4.69, 9.17) is 9.72 Å². The minimum atomic E-state index is 0.120. The maximum absolute atomic E-state index is 12.6. The SMILES string of the molecule is COc1nn(C)c2nc(C)c(CCC(=O)NC3CCN(CC=C(C)C)CC3)c(C)c12. The Bertz CT molecular complexity index is 935. The van der Waals surface area contributed by atoms with Crippen LogP contribution in [0.2, 0.25) is 0 Å². The van der Waals surface area contributed by atoms with Gasteiger partial charge in [-0.3, -0.25) is 9.69 Å². The number of fused-ring (bicyclic) bond motifs is 1. The number of nitrogens with one attached hydrogen (secondary N) is 1. The maximum atomic E-state index is 12.6. The molecule has 2 aromatic rings. The van der Waals surface area contributed by atoms with Crippen molar-refractivity contribution in [2.24, 2.45) is 7.05 Å². The van der Waals surface area contributed by atoms with Gasteiger partial charge >= 0.3 is 0 Å². The van der Waals surface area contributed by atoms with E-state index in [1.165, 1.54) is 5.57 Å². The predicted octanol–water partition coefficient (Wildman–Crippen LogP) is 3.07. The molecule has 1 aliphatic rings. The lowest BCUT2D eigenvalue weighted by Gasteiger charge is -2.31. The largest absolute Gasteiger partial charge is 0.479 e. The third-order valence-corrected chi connectivity index (χ3v) is 6.03. The molecule has 0 bridgehead atoms. The van der Waals surface area contributed by atoms with Crippen molar-refractivity contribution in [3.8, 4) is 5.88 Å². The van der Waals surface area contributed by atoms with Crippen LogP contribution in [0.3, 0.4) is 0 Å². The first-order valence-corrected chi connectivity index (χ1v) is 10.8. The second-order valence-corrected chi connectivity index (χ2v) is 8.56. The smallest absolute Gasteiger partial charge is 0.242 e. The van der Waals surface area contributed by atoms with E-state index >= 15 is 0 Å². The van der Waals surface area contributed by atoms with E-state index in [0.29, 0.717) is 18.7 Å². The van der Waals surface area contributed by atoms with Crippen LogP contribution in [-0.4, -0.2) is 58.4 Å². The molecule has 1 N–H and O–H groups in total. The van der Waals surface area contributed by atoms with E-state index in [-0.39, 0.29) is 11.9 Å². The highest BCUT2D eigenvalue weighted by Crippen LogP contribution is 2.30. The summed E-state index contributed by atoms with van der Waals surface area (Å²) in [7, 11) is 3.49. The molecule has 164 valence electrons. The van der Waals surface area contributed by atoms with Gasteiger partial charge in [-0.2, -0.15) is 0 Å². The Morgan fingerprint density at radius 3 is 2.60 bits per heavy atom. The molecule has 0 saturated carbocycles. The summed E-state index contributed by atoms with van der Waals surface area (Å²) in [5.41, 5.74) is 5.33. The fourth-order valence-electron chi connectivity index (χ4n) is 4.22. The van der Waals surface area contributed by atoms with E-state index in [0.717, 1.165) is 60.3 Å². The number of likely N-dealkylation sites (tertiary alicyclic amines) is 1. The van der Waals surface area contributed by atoms with Crippen molar-refractivity contribution < 1.29 is 9.53 Å². The Morgan fingerprint density at radius 2 is 1.97 bits per heavy atom. The number of hydrogen-bond donors (Lipinski definition) is 1. The summed E-state index contributed by atoms with van der Waals surface area (Å²) in [6.45, 7) is 11.4. The van der Waals surface area contributed by atoms with Crippen LogP contribution in [0.25, 0.3) is 11.0 Å². The molecule has 1 amide bonds. The molecule has 1 aliphatic heterocycles. The highest BCUT2D eigenvalue weighted by molar-refractivity contribution is 5.86. The number of amides is 1. The number of methoxy groups -OCH3 is 1. The number of carbonyl (C=O) groups is 1. The van der Waals surface area contributed by atoms with Crippen molar-refractivity contribution in [3.63, 3.8) is 0 Å². The van der Waals surface area contributed by atoms with Gasteiger partial charge in [0.25, 0.3) is 0 Å². The first kappa shape index (κ1) is 22.3. The van der Waals surface area contributed by atoms with Gasteiger partial charge in [0.05, 0.1) is 12.5 Å². The number of hydrogen-bond acceptors (Lipinski definition) is 5. The fourth-order valence-corrected chi connectivity index (χ4v) is 4.22. The zero-order valence-electron chi connectivity index (χ0n) is 19.2. The quantitative estimate of drug-likeness (QED) is 0.707. The highest BCUT2D eigenvalue weighted by Gasteiger charge is 2.21. The standard InChI is InChI=1S/C23H35N5O2/c1-15(2)9-12-28-13-10-18(11-14-28)25-20(29)8-7-19-16(3)21-22(24-17(19)4)27(5)26-23(21)30-6/h9,18H,7-8,10-14H2,1-6H3,(H,25,29). The molecule has 0 radical (unpaired) electrons. The predicted molar refractivity (Wildman–Crippen MR) is 120 cm³/mol. The zero-order valence-corrected chi connectivity index (χ0v) is 19.2. The third-order valence-electron chi connectivity index (χ3n) is 6.03. The van der Waals surface area contributed by atoms with Gasteiger partial charge in [0.15, 0.2) is 5.65 Å². The molecule has 3 heterocycles. The molecule has 0 spiro atoms. The first-order valence-electron chi connectivity index (χ1n) is 10.8. The van der Waals surface area contributed by atoms with Gasteiger partial charge in [0.1, 0.15) is 0 Å². The minimum absolute atomic E-state index is 0.120. The molecule has 0 unspecified atom stereocenters. The van der Waals surface area contributed by atoms with Crippen LogP contribution >= 0.6 is 0 Å². The molecular weight excluding hydrogens is 378 g/mol. The Morgan fingerprint density at radius 1 is 1.27 bits per heavy atom. The van der Waals surface area contributed by atoms with Gasteiger partial charge in [-0.15, -0.1) is 5.10 Å². The summed E-state index contributed by atoms with van der Waals surface area (Å²) in [4.78, 5) is 19.8. The average Bonchev–Trinajstić information content (AvgIpc) is 3.03. The van der Waals surface area contributed by atoms with Gasteiger partial charge in [-0.25, -0.2) is 9.67 Å². The van der Waals surface area contributed by atoms with Crippen LogP contribution in [0.1, 0.15) is 49.9 Å². The zero-order chi connectivity index (χ0) is 21.8. The summed E-state index contributed by atoms with van der Waals surface area (Å²) >= 11 is 0. The number of piperidine rings is 1. The van der Waals surface area contributed by atoms with Crippen molar-refractivity contribution in [2.45, 2.75) is 59.4 Å². The topological polar surface area (TPSA) is 72.3 Å². The Labute approximate surface area is 179 Å². The number of allylic oxidation sites excluding steroid dienone is 1. The average molecular weight is 414 g/mol. The molecule has 30 heavy (non-hydrogen) atoms. The molecule has 3 rings (SSSR count). The van der Waals surface area contributed by atoms with E-state index in [1.54, 1.807) is 11.8 Å². The number of rotatable bonds is 7. The van der Waals surface area contributed by atoms with Crippen LogP contribution in [-0.2, 0) is 18.3 Å². The maximum Gasteiger partial charge on any atom is 0.242 e. The Hall–Kier alpha value is -2.41. The Kier molecular flexibility index (Phi) is 7.13. The van der Waals surface area contributed by atoms with Gasteiger partial charge in [0, 0.05) is 44.8 Å². The van der Waals surface area contributed by atoms with Crippen LogP contribution < -0.4 is 10.1 Å². The van der Waals surface area contributed by atoms with Crippen molar-refractivity contribution in [3.05, 3.63) is 28.5 Å². The summed E-state index contributed by atoms with van der Waals surface area (Å²) in [5.74, 6) is 0.706. The van der Waals surface area contributed by atoms with Gasteiger partial charge in [0.2, 0.25) is 11.8 Å². The lowest BCUT2D eigenvalue weighted by atomic mass is 9.99. The van der Waals surface area contributed by atoms with Gasteiger partial charge < -0.3 is 10.1 Å². The van der Waals surface area contributed by atoms with Crippen molar-refractivity contribution in [1.82, 2.24) is 25.0 Å². The third kappa shape index (κ3) is 5.01. The van der Waals surface area contributed by atoms with Crippen LogP contribution in [0, 0.1) is 13.8 Å². The first-order chi connectivity index (χ1) is 14.3. The lowest BCUT2D eigenvalue weighted by Crippen LogP contribution is -2.44. The second kappa shape index (κ2) is 9.60. The van der Waals surface area contributed by atoms with Crippen molar-refractivity contribution >= 4 is 16.9 Å². The lowest BCUT2D eigenvalue weighted by molar-refractivity contribution is -0.122. The monoisotopic (exact) mass is 413 g/mol. The summed E-state index contributed by atoms with van der Waals surface area (Å²) in [5, 5.41) is 8.57. The van der Waals surface area contributed by atoms with Crippen LogP contribution in [0.4, 0.5) is 0 Å². The summed E-state index contributed by atoms with van der Waals surface area (Å²) < 4.78 is 7.18. The second-order valence-electron chi connectivity index (χ2n) is 8.56. The molecular formula is C23H35N5O2. The van der Waals surface area contributed by atoms with E-state index < -0.39 is 0 Å². The van der Waals surface area contributed by atoms with Crippen LogP contribution in [0.5, 0.6) is 5.88 Å². The number of aromatic nitrogens is 3. The molecule has 0 aromatic carbocycles. The number of ether oxygens (including phenoxy) is 1. The van der Waals surface area contributed by atoms with Crippen LogP contribution in [0.15, 0.2) is 11.6 Å². The van der Waals surface area contributed by atoms with Gasteiger partial charge in [-0.05, 0) is 58.1 Å². The van der Waals surface area contributed by atoms with Crippen molar-refractivity contribution in [1.29, 1.82) is 0 Å². The van der Waals surface area contributed by atoms with Crippen molar-refractivity contribution in [2.75, 3.05) is 26.7 Å². The molecule has 0 aliphatic carbocycles. The van der Waals surface area contributed by atoms with E-state index in [2.05, 4.69) is 42.2 Å². The Balaban J connectivity index is 1.58. The number of carbonyl (C=O) groups excluding carboxylic acids is 1. The fraction of sp³-hybridized carbons (Fsp3) is 0.609.